The summed E-state index contributed by atoms with van der Waals surface area (Å²) in [6, 6.07) is 4.07. The van der Waals surface area contributed by atoms with E-state index >= 15 is 0 Å². The molecule has 21 heavy (non-hydrogen) atoms. The summed E-state index contributed by atoms with van der Waals surface area (Å²) in [7, 11) is 0. The van der Waals surface area contributed by atoms with Crippen molar-refractivity contribution in [1.82, 2.24) is 0 Å². The Morgan fingerprint density at radius 2 is 2.10 bits per heavy atom. The smallest absolute Gasteiger partial charge is 0.304 e. The lowest BCUT2D eigenvalue weighted by molar-refractivity contribution is -0.138. The van der Waals surface area contributed by atoms with E-state index in [0.717, 1.165) is 28.0 Å². The van der Waals surface area contributed by atoms with Gasteiger partial charge in [0.1, 0.15) is 5.75 Å². The predicted molar refractivity (Wildman–Crippen MR) is 87.0 cm³/mol. The van der Waals surface area contributed by atoms with E-state index in [0.29, 0.717) is 5.92 Å². The first-order valence-corrected chi connectivity index (χ1v) is 8.24. The number of carbonyl (C=O) groups is 1. The van der Waals surface area contributed by atoms with E-state index in [1.165, 1.54) is 19.3 Å². The molecule has 0 spiro atoms. The highest BCUT2D eigenvalue weighted by Crippen LogP contribution is 2.41. The van der Waals surface area contributed by atoms with Crippen LogP contribution in [0.2, 0.25) is 0 Å². The van der Waals surface area contributed by atoms with Gasteiger partial charge in [-0.3, -0.25) is 4.79 Å². The summed E-state index contributed by atoms with van der Waals surface area (Å²) in [5.74, 6) is 0.662. The first-order chi connectivity index (χ1) is 9.79. The zero-order valence-electron chi connectivity index (χ0n) is 12.9. The number of aliphatic carboxylic acids is 1. The second kappa shape index (κ2) is 6.39. The second-order valence-corrected chi connectivity index (χ2v) is 7.54. The van der Waals surface area contributed by atoms with Gasteiger partial charge in [0.25, 0.3) is 0 Å². The van der Waals surface area contributed by atoms with Crippen LogP contribution in [0.1, 0.15) is 50.7 Å². The summed E-state index contributed by atoms with van der Waals surface area (Å²) < 4.78 is 6.97. The molecule has 1 fully saturated rings. The molecule has 0 amide bonds. The van der Waals surface area contributed by atoms with Crippen LogP contribution in [0, 0.1) is 12.8 Å². The average Bonchev–Trinajstić information content (AvgIpc) is 2.27. The lowest BCUT2D eigenvalue weighted by atomic mass is 9.80. The Balaban J connectivity index is 2.30. The zero-order valence-corrected chi connectivity index (χ0v) is 14.5. The molecular formula is C17H23BrO3. The topological polar surface area (TPSA) is 46.5 Å². The van der Waals surface area contributed by atoms with Crippen LogP contribution in [0.25, 0.3) is 0 Å². The van der Waals surface area contributed by atoms with E-state index in [-0.39, 0.29) is 6.42 Å². The van der Waals surface area contributed by atoms with Crippen LogP contribution in [-0.2, 0) is 10.2 Å². The number of rotatable bonds is 6. The number of carboxylic acids is 1. The van der Waals surface area contributed by atoms with Gasteiger partial charge in [0.05, 0.1) is 17.5 Å². The maximum absolute atomic E-state index is 11.1. The predicted octanol–water partition coefficient (Wildman–Crippen LogP) is 4.69. The largest absolute Gasteiger partial charge is 0.492 e. The maximum Gasteiger partial charge on any atom is 0.304 e. The SMILES string of the molecule is Cc1cc(Br)c(OCC2CCC2)c(C(C)(C)CC(=O)O)c1. The quantitative estimate of drug-likeness (QED) is 0.805. The van der Waals surface area contributed by atoms with Crippen LogP contribution >= 0.6 is 15.9 Å². The summed E-state index contributed by atoms with van der Waals surface area (Å²) in [5, 5.41) is 9.15. The van der Waals surface area contributed by atoms with Crippen molar-refractivity contribution in [3.05, 3.63) is 27.7 Å². The van der Waals surface area contributed by atoms with Gasteiger partial charge in [-0.1, -0.05) is 26.3 Å². The molecule has 0 heterocycles. The average molecular weight is 355 g/mol. The minimum Gasteiger partial charge on any atom is -0.492 e. The van der Waals surface area contributed by atoms with Gasteiger partial charge < -0.3 is 9.84 Å². The number of hydrogen-bond donors (Lipinski definition) is 1. The van der Waals surface area contributed by atoms with Gasteiger partial charge in [0.2, 0.25) is 0 Å². The number of benzene rings is 1. The minimum absolute atomic E-state index is 0.0860. The molecule has 1 saturated carbocycles. The molecule has 1 N–H and O–H groups in total. The van der Waals surface area contributed by atoms with Crippen LogP contribution in [-0.4, -0.2) is 17.7 Å². The number of aryl methyl sites for hydroxylation is 1. The molecule has 1 aromatic carbocycles. The molecule has 0 atom stereocenters. The van der Waals surface area contributed by atoms with Crippen molar-refractivity contribution in [2.75, 3.05) is 6.61 Å². The lowest BCUT2D eigenvalue weighted by Crippen LogP contribution is -2.25. The molecule has 3 nitrogen and oxygen atoms in total. The molecule has 2 rings (SSSR count). The Bertz CT molecular complexity index is 533. The second-order valence-electron chi connectivity index (χ2n) is 6.69. The van der Waals surface area contributed by atoms with E-state index < -0.39 is 11.4 Å². The van der Waals surface area contributed by atoms with Crippen LogP contribution in [0.3, 0.4) is 0 Å². The van der Waals surface area contributed by atoms with Crippen molar-refractivity contribution in [3.8, 4) is 5.75 Å². The van der Waals surface area contributed by atoms with Crippen molar-refractivity contribution in [2.24, 2.45) is 5.92 Å². The highest BCUT2D eigenvalue weighted by molar-refractivity contribution is 9.10. The first-order valence-electron chi connectivity index (χ1n) is 7.45. The van der Waals surface area contributed by atoms with Crippen LogP contribution < -0.4 is 4.74 Å². The van der Waals surface area contributed by atoms with E-state index in [1.807, 2.05) is 32.9 Å². The minimum atomic E-state index is -0.789. The van der Waals surface area contributed by atoms with Crippen molar-refractivity contribution in [3.63, 3.8) is 0 Å². The number of hydrogen-bond acceptors (Lipinski definition) is 2. The Hall–Kier alpha value is -1.03. The standard InChI is InChI=1S/C17H23BrO3/c1-11-7-13(17(2,3)9-15(19)20)16(14(18)8-11)21-10-12-5-4-6-12/h7-8,12H,4-6,9-10H2,1-3H3,(H,19,20). The van der Waals surface area contributed by atoms with Crippen molar-refractivity contribution in [1.29, 1.82) is 0 Å². The Kier molecular flexibility index (Phi) is 4.97. The summed E-state index contributed by atoms with van der Waals surface area (Å²) in [4.78, 5) is 11.1. The number of carboxylic acid groups (broad SMARTS) is 1. The maximum atomic E-state index is 11.1. The molecule has 0 saturated heterocycles. The summed E-state index contributed by atoms with van der Waals surface area (Å²) in [6.45, 7) is 6.65. The van der Waals surface area contributed by atoms with Crippen LogP contribution in [0.4, 0.5) is 0 Å². The van der Waals surface area contributed by atoms with E-state index in [9.17, 15) is 4.79 Å². The van der Waals surface area contributed by atoms with E-state index in [4.69, 9.17) is 9.84 Å². The molecule has 0 bridgehead atoms. The van der Waals surface area contributed by atoms with Crippen LogP contribution in [0.15, 0.2) is 16.6 Å². The normalized spacial score (nSPS) is 15.6. The van der Waals surface area contributed by atoms with Crippen molar-refractivity contribution < 1.29 is 14.6 Å². The molecular weight excluding hydrogens is 332 g/mol. The highest BCUT2D eigenvalue weighted by atomic mass is 79.9. The number of halogens is 1. The van der Waals surface area contributed by atoms with Gasteiger partial charge >= 0.3 is 5.97 Å². The van der Waals surface area contributed by atoms with E-state index in [2.05, 4.69) is 15.9 Å². The monoisotopic (exact) mass is 354 g/mol. The van der Waals surface area contributed by atoms with Crippen LogP contribution in [0.5, 0.6) is 5.75 Å². The highest BCUT2D eigenvalue weighted by Gasteiger charge is 2.29. The third-order valence-electron chi connectivity index (χ3n) is 4.20. The molecule has 1 aliphatic carbocycles. The van der Waals surface area contributed by atoms with Gasteiger partial charge in [-0.25, -0.2) is 0 Å². The Labute approximate surface area is 134 Å². The van der Waals surface area contributed by atoms with E-state index in [1.54, 1.807) is 0 Å². The van der Waals surface area contributed by atoms with Gasteiger partial charge in [0.15, 0.2) is 0 Å². The molecule has 0 aromatic heterocycles. The molecule has 0 radical (unpaired) electrons. The Morgan fingerprint density at radius 1 is 1.43 bits per heavy atom. The van der Waals surface area contributed by atoms with Gasteiger partial charge in [0, 0.05) is 11.0 Å². The fourth-order valence-electron chi connectivity index (χ4n) is 2.71. The molecule has 4 heteroatoms. The summed E-state index contributed by atoms with van der Waals surface area (Å²) in [6.07, 6.45) is 3.85. The molecule has 0 aliphatic heterocycles. The fourth-order valence-corrected chi connectivity index (χ4v) is 3.40. The lowest BCUT2D eigenvalue weighted by Gasteiger charge is -2.30. The fraction of sp³-hybridized carbons (Fsp3) is 0.588. The third kappa shape index (κ3) is 4.00. The van der Waals surface area contributed by atoms with Gasteiger partial charge in [-0.2, -0.15) is 0 Å². The molecule has 116 valence electrons. The van der Waals surface area contributed by atoms with Gasteiger partial charge in [-0.15, -0.1) is 0 Å². The molecule has 1 aliphatic rings. The third-order valence-corrected chi connectivity index (χ3v) is 4.79. The van der Waals surface area contributed by atoms with Gasteiger partial charge in [-0.05, 0) is 53.2 Å². The summed E-state index contributed by atoms with van der Waals surface area (Å²) >= 11 is 3.57. The molecule has 1 aromatic rings. The first kappa shape index (κ1) is 16.3. The number of ether oxygens (including phenoxy) is 1. The Morgan fingerprint density at radius 3 is 2.62 bits per heavy atom. The zero-order chi connectivity index (χ0) is 15.6. The van der Waals surface area contributed by atoms with Crippen molar-refractivity contribution in [2.45, 2.75) is 51.9 Å². The molecule has 0 unspecified atom stereocenters. The summed E-state index contributed by atoms with van der Waals surface area (Å²) in [5.41, 5.74) is 1.61. The van der Waals surface area contributed by atoms with Crippen molar-refractivity contribution >= 4 is 21.9 Å².